The molecule has 2 rings (SSSR count). The molecule has 4 N–H and O–H groups in total. The van der Waals surface area contributed by atoms with Crippen LogP contribution in [0.3, 0.4) is 0 Å². The van der Waals surface area contributed by atoms with Gasteiger partial charge >= 0.3 is 0 Å². The van der Waals surface area contributed by atoms with Crippen molar-refractivity contribution >= 4 is 5.82 Å². The second-order valence-corrected chi connectivity index (χ2v) is 3.66. The summed E-state index contributed by atoms with van der Waals surface area (Å²) in [6.45, 7) is 0. The van der Waals surface area contributed by atoms with Crippen LogP contribution in [0.1, 0.15) is 17.2 Å². The molecule has 0 aliphatic carbocycles. The summed E-state index contributed by atoms with van der Waals surface area (Å²) in [6, 6.07) is 5.80. The third-order valence-corrected chi connectivity index (χ3v) is 2.45. The van der Waals surface area contributed by atoms with Crippen molar-refractivity contribution in [3.05, 3.63) is 59.3 Å². The number of hydrogen-bond acceptors (Lipinski definition) is 3. The summed E-state index contributed by atoms with van der Waals surface area (Å²) >= 11 is 0. The van der Waals surface area contributed by atoms with E-state index in [0.29, 0.717) is 11.1 Å². The van der Waals surface area contributed by atoms with Gasteiger partial charge in [0.05, 0.1) is 6.04 Å². The Kier molecular flexibility index (Phi) is 3.01. The summed E-state index contributed by atoms with van der Waals surface area (Å²) in [5.74, 6) is -1.08. The minimum absolute atomic E-state index is 0.254. The molecule has 5 heteroatoms. The molecule has 0 spiro atoms. The van der Waals surface area contributed by atoms with Crippen LogP contribution in [0.4, 0.5) is 14.6 Å². The zero-order chi connectivity index (χ0) is 12.4. The van der Waals surface area contributed by atoms with Gasteiger partial charge in [0.15, 0.2) is 0 Å². The van der Waals surface area contributed by atoms with Crippen LogP contribution < -0.4 is 11.5 Å². The molecule has 88 valence electrons. The highest BCUT2D eigenvalue weighted by atomic mass is 19.1. The number of nitrogens with two attached hydrogens (primary N) is 2. The highest BCUT2D eigenvalue weighted by molar-refractivity contribution is 5.45. The lowest BCUT2D eigenvalue weighted by Gasteiger charge is -2.14. The van der Waals surface area contributed by atoms with Crippen LogP contribution in [0.2, 0.25) is 0 Å². The Bertz CT molecular complexity index is 523. The SMILES string of the molecule is Nc1ncccc1C(N)c1cc(F)cc(F)c1. The number of pyridine rings is 1. The van der Waals surface area contributed by atoms with E-state index in [0.717, 1.165) is 6.07 Å². The smallest absolute Gasteiger partial charge is 0.128 e. The summed E-state index contributed by atoms with van der Waals surface area (Å²) < 4.78 is 26.1. The first kappa shape index (κ1) is 11.5. The lowest BCUT2D eigenvalue weighted by atomic mass is 10.00. The molecule has 0 amide bonds. The van der Waals surface area contributed by atoms with Gasteiger partial charge in [0.25, 0.3) is 0 Å². The van der Waals surface area contributed by atoms with Crippen molar-refractivity contribution in [2.24, 2.45) is 5.73 Å². The van der Waals surface area contributed by atoms with E-state index >= 15 is 0 Å². The fraction of sp³-hybridized carbons (Fsp3) is 0.0833. The van der Waals surface area contributed by atoms with Gasteiger partial charge in [0.1, 0.15) is 17.5 Å². The van der Waals surface area contributed by atoms with Gasteiger partial charge < -0.3 is 11.5 Å². The fourth-order valence-corrected chi connectivity index (χ4v) is 1.63. The number of aromatic nitrogens is 1. The van der Waals surface area contributed by atoms with E-state index in [2.05, 4.69) is 4.98 Å². The first-order valence-corrected chi connectivity index (χ1v) is 5.00. The predicted octanol–water partition coefficient (Wildman–Crippen LogP) is 1.99. The first-order valence-electron chi connectivity index (χ1n) is 5.00. The molecule has 2 aromatic rings. The summed E-state index contributed by atoms with van der Waals surface area (Å²) in [4.78, 5) is 3.88. The van der Waals surface area contributed by atoms with E-state index in [1.54, 1.807) is 12.1 Å². The number of hydrogen-bond donors (Lipinski definition) is 2. The number of anilines is 1. The number of nitrogens with zero attached hydrogens (tertiary/aromatic N) is 1. The highest BCUT2D eigenvalue weighted by Gasteiger charge is 2.14. The fourth-order valence-electron chi connectivity index (χ4n) is 1.63. The predicted molar refractivity (Wildman–Crippen MR) is 61.0 cm³/mol. The van der Waals surface area contributed by atoms with Crippen LogP contribution in [0.15, 0.2) is 36.5 Å². The minimum atomic E-state index is -0.700. The van der Waals surface area contributed by atoms with E-state index in [1.165, 1.54) is 18.3 Å². The van der Waals surface area contributed by atoms with E-state index in [9.17, 15) is 8.78 Å². The summed E-state index contributed by atoms with van der Waals surface area (Å²) in [5, 5.41) is 0. The van der Waals surface area contributed by atoms with Crippen molar-refractivity contribution < 1.29 is 8.78 Å². The number of benzene rings is 1. The maximum atomic E-state index is 13.1. The van der Waals surface area contributed by atoms with Gasteiger partial charge in [-0.3, -0.25) is 0 Å². The van der Waals surface area contributed by atoms with Gasteiger partial charge in [-0.1, -0.05) is 6.07 Å². The van der Waals surface area contributed by atoms with E-state index in [-0.39, 0.29) is 5.82 Å². The monoisotopic (exact) mass is 235 g/mol. The van der Waals surface area contributed by atoms with E-state index in [1.807, 2.05) is 0 Å². The van der Waals surface area contributed by atoms with E-state index in [4.69, 9.17) is 11.5 Å². The normalized spacial score (nSPS) is 12.4. The number of halogens is 2. The Balaban J connectivity index is 2.43. The maximum Gasteiger partial charge on any atom is 0.128 e. The molecule has 0 fully saturated rings. The number of nitrogen functional groups attached to an aromatic ring is 1. The molecule has 0 bridgehead atoms. The Morgan fingerprint density at radius 1 is 1.12 bits per heavy atom. The Hall–Kier alpha value is -2.01. The van der Waals surface area contributed by atoms with Crippen LogP contribution in [0, 0.1) is 11.6 Å². The topological polar surface area (TPSA) is 64.9 Å². The van der Waals surface area contributed by atoms with Gasteiger partial charge in [0, 0.05) is 17.8 Å². The first-order chi connectivity index (χ1) is 8.08. The van der Waals surface area contributed by atoms with Crippen LogP contribution in [-0.4, -0.2) is 4.98 Å². The third kappa shape index (κ3) is 2.39. The molecule has 0 saturated carbocycles. The van der Waals surface area contributed by atoms with Gasteiger partial charge in [-0.2, -0.15) is 0 Å². The molecule has 0 aliphatic heterocycles. The van der Waals surface area contributed by atoms with Gasteiger partial charge in [-0.25, -0.2) is 13.8 Å². The molecule has 0 saturated heterocycles. The van der Waals surface area contributed by atoms with Crippen molar-refractivity contribution in [2.45, 2.75) is 6.04 Å². The summed E-state index contributed by atoms with van der Waals surface area (Å²) in [5.41, 5.74) is 12.4. The van der Waals surface area contributed by atoms with Gasteiger partial charge in [0.2, 0.25) is 0 Å². The average molecular weight is 235 g/mol. The van der Waals surface area contributed by atoms with Crippen molar-refractivity contribution in [3.63, 3.8) is 0 Å². The Morgan fingerprint density at radius 3 is 2.35 bits per heavy atom. The summed E-state index contributed by atoms with van der Waals surface area (Å²) in [6.07, 6.45) is 1.53. The van der Waals surface area contributed by atoms with Crippen molar-refractivity contribution in [1.29, 1.82) is 0 Å². The van der Waals surface area contributed by atoms with Crippen LogP contribution >= 0.6 is 0 Å². The Labute approximate surface area is 97.1 Å². The van der Waals surface area contributed by atoms with E-state index < -0.39 is 17.7 Å². The summed E-state index contributed by atoms with van der Waals surface area (Å²) in [7, 11) is 0. The third-order valence-electron chi connectivity index (χ3n) is 2.45. The van der Waals surface area contributed by atoms with Crippen LogP contribution in [0.5, 0.6) is 0 Å². The zero-order valence-electron chi connectivity index (χ0n) is 8.90. The van der Waals surface area contributed by atoms with Crippen LogP contribution in [0.25, 0.3) is 0 Å². The largest absolute Gasteiger partial charge is 0.383 e. The Morgan fingerprint density at radius 2 is 1.76 bits per heavy atom. The quantitative estimate of drug-likeness (QED) is 0.836. The van der Waals surface area contributed by atoms with Crippen molar-refractivity contribution in [1.82, 2.24) is 4.98 Å². The molecule has 17 heavy (non-hydrogen) atoms. The number of rotatable bonds is 2. The molecule has 1 aromatic carbocycles. The molecule has 1 unspecified atom stereocenters. The molecule has 3 nitrogen and oxygen atoms in total. The molecular weight excluding hydrogens is 224 g/mol. The molecule has 1 atom stereocenters. The highest BCUT2D eigenvalue weighted by Crippen LogP contribution is 2.24. The lowest BCUT2D eigenvalue weighted by Crippen LogP contribution is -2.15. The second kappa shape index (κ2) is 4.47. The van der Waals surface area contributed by atoms with Crippen LogP contribution in [-0.2, 0) is 0 Å². The zero-order valence-corrected chi connectivity index (χ0v) is 8.90. The molecule has 0 radical (unpaired) electrons. The van der Waals surface area contributed by atoms with Gasteiger partial charge in [-0.15, -0.1) is 0 Å². The molecular formula is C12H11F2N3. The molecule has 0 aliphatic rings. The molecule has 1 heterocycles. The second-order valence-electron chi connectivity index (χ2n) is 3.66. The lowest BCUT2D eigenvalue weighted by molar-refractivity contribution is 0.577. The maximum absolute atomic E-state index is 13.1. The van der Waals surface area contributed by atoms with Gasteiger partial charge in [-0.05, 0) is 23.8 Å². The average Bonchev–Trinajstić information content (AvgIpc) is 2.27. The van der Waals surface area contributed by atoms with Crippen molar-refractivity contribution in [2.75, 3.05) is 5.73 Å². The van der Waals surface area contributed by atoms with Crippen molar-refractivity contribution in [3.8, 4) is 0 Å². The minimum Gasteiger partial charge on any atom is -0.383 e. The molecule has 1 aromatic heterocycles. The standard InChI is InChI=1S/C12H11F2N3/c13-8-4-7(5-9(14)6-8)11(15)10-2-1-3-17-12(10)16/h1-6,11H,15H2,(H2,16,17).